The van der Waals surface area contributed by atoms with Crippen molar-refractivity contribution in [3.8, 4) is 0 Å². The molecule has 1 N–H and O–H groups in total. The van der Waals surface area contributed by atoms with Crippen LogP contribution in [0.2, 0.25) is 0 Å². The van der Waals surface area contributed by atoms with Gasteiger partial charge >= 0.3 is 6.18 Å². The van der Waals surface area contributed by atoms with Crippen LogP contribution in [-0.4, -0.2) is 39.7 Å². The van der Waals surface area contributed by atoms with Crippen LogP contribution in [0.4, 0.5) is 13.2 Å². The number of aryl methyl sites for hydroxylation is 2. The van der Waals surface area contributed by atoms with Crippen LogP contribution >= 0.6 is 11.3 Å². The zero-order chi connectivity index (χ0) is 17.9. The van der Waals surface area contributed by atoms with E-state index in [0.29, 0.717) is 12.5 Å². The van der Waals surface area contributed by atoms with Crippen molar-refractivity contribution in [2.75, 3.05) is 14.1 Å². The molecule has 132 valence electrons. The van der Waals surface area contributed by atoms with Gasteiger partial charge in [0.2, 0.25) is 0 Å². The Balaban J connectivity index is 2.04. The van der Waals surface area contributed by atoms with Gasteiger partial charge in [0.05, 0.1) is 17.2 Å². The number of halogens is 3. The van der Waals surface area contributed by atoms with E-state index in [2.05, 4.69) is 20.4 Å². The molecule has 2 aromatic rings. The number of alkyl halides is 3. The third-order valence-corrected chi connectivity index (χ3v) is 4.07. The summed E-state index contributed by atoms with van der Waals surface area (Å²) in [6.07, 6.45) is -3.13. The molecule has 10 heteroatoms. The van der Waals surface area contributed by atoms with Crippen molar-refractivity contribution < 1.29 is 13.2 Å². The van der Waals surface area contributed by atoms with Gasteiger partial charge in [0.1, 0.15) is 0 Å². The van der Waals surface area contributed by atoms with Gasteiger partial charge in [-0.25, -0.2) is 4.98 Å². The Bertz CT molecular complexity index is 718. The SMILES string of the molecule is CN=C(NCc1cn(C)nc1C(F)(F)F)N(C)Cc1csc(C)n1. The molecule has 24 heavy (non-hydrogen) atoms. The number of hydrogen-bond donors (Lipinski definition) is 1. The molecule has 0 spiro atoms. The van der Waals surface area contributed by atoms with Crippen LogP contribution < -0.4 is 5.32 Å². The molecule has 0 radical (unpaired) electrons. The van der Waals surface area contributed by atoms with Crippen LogP contribution in [0.15, 0.2) is 16.6 Å². The minimum Gasteiger partial charge on any atom is -0.352 e. The lowest BCUT2D eigenvalue weighted by molar-refractivity contribution is -0.142. The second-order valence-electron chi connectivity index (χ2n) is 5.29. The van der Waals surface area contributed by atoms with Crippen molar-refractivity contribution in [3.05, 3.63) is 33.5 Å². The zero-order valence-electron chi connectivity index (χ0n) is 13.8. The quantitative estimate of drug-likeness (QED) is 0.672. The van der Waals surface area contributed by atoms with Crippen LogP contribution in [0, 0.1) is 6.92 Å². The third-order valence-electron chi connectivity index (χ3n) is 3.25. The third kappa shape index (κ3) is 4.47. The van der Waals surface area contributed by atoms with Gasteiger partial charge in [-0.15, -0.1) is 11.3 Å². The first-order valence-electron chi connectivity index (χ1n) is 7.13. The van der Waals surface area contributed by atoms with Crippen molar-refractivity contribution in [2.24, 2.45) is 12.0 Å². The van der Waals surface area contributed by atoms with Crippen molar-refractivity contribution >= 4 is 17.3 Å². The summed E-state index contributed by atoms with van der Waals surface area (Å²) >= 11 is 1.55. The summed E-state index contributed by atoms with van der Waals surface area (Å²) in [6.45, 7) is 2.42. The average molecular weight is 360 g/mol. The van der Waals surface area contributed by atoms with Gasteiger partial charge in [-0.1, -0.05) is 0 Å². The number of aromatic nitrogens is 3. The topological polar surface area (TPSA) is 58.3 Å². The maximum atomic E-state index is 13.0. The molecule has 6 nitrogen and oxygen atoms in total. The number of nitrogens with zero attached hydrogens (tertiary/aromatic N) is 5. The van der Waals surface area contributed by atoms with E-state index in [4.69, 9.17) is 0 Å². The fourth-order valence-corrected chi connectivity index (χ4v) is 2.87. The molecule has 0 atom stereocenters. The number of aliphatic imine (C=N–C) groups is 1. The second kappa shape index (κ2) is 7.20. The van der Waals surface area contributed by atoms with E-state index in [1.807, 2.05) is 12.3 Å². The molecule has 0 unspecified atom stereocenters. The highest BCUT2D eigenvalue weighted by molar-refractivity contribution is 7.09. The minimum absolute atomic E-state index is 0.0181. The van der Waals surface area contributed by atoms with E-state index in [9.17, 15) is 13.2 Å². The Kier molecular flexibility index (Phi) is 5.47. The summed E-state index contributed by atoms with van der Waals surface area (Å²) in [6, 6.07) is 0. The number of guanidine groups is 1. The van der Waals surface area contributed by atoms with Crippen LogP contribution in [0.1, 0.15) is 22.0 Å². The van der Waals surface area contributed by atoms with Gasteiger partial charge in [0, 0.05) is 44.8 Å². The summed E-state index contributed by atoms with van der Waals surface area (Å²) in [5.74, 6) is 0.484. The Morgan fingerprint density at radius 1 is 1.46 bits per heavy atom. The lowest BCUT2D eigenvalue weighted by Crippen LogP contribution is -2.38. The normalized spacial score (nSPS) is 12.5. The molecule has 0 saturated carbocycles. The van der Waals surface area contributed by atoms with Gasteiger partial charge in [-0.2, -0.15) is 18.3 Å². The molecule has 0 bridgehead atoms. The monoisotopic (exact) mass is 360 g/mol. The maximum Gasteiger partial charge on any atom is 0.435 e. The smallest absolute Gasteiger partial charge is 0.352 e. The van der Waals surface area contributed by atoms with E-state index >= 15 is 0 Å². The predicted molar refractivity (Wildman–Crippen MR) is 86.7 cm³/mol. The molecule has 0 amide bonds. The lowest BCUT2D eigenvalue weighted by Gasteiger charge is -2.21. The van der Waals surface area contributed by atoms with E-state index < -0.39 is 11.9 Å². The Morgan fingerprint density at radius 2 is 2.17 bits per heavy atom. The van der Waals surface area contributed by atoms with Gasteiger partial charge in [-0.05, 0) is 6.92 Å². The summed E-state index contributed by atoms with van der Waals surface area (Å²) in [5, 5.41) is 9.34. The van der Waals surface area contributed by atoms with Crippen molar-refractivity contribution in [1.29, 1.82) is 0 Å². The van der Waals surface area contributed by atoms with Crippen LogP contribution in [0.25, 0.3) is 0 Å². The number of hydrogen-bond acceptors (Lipinski definition) is 4. The largest absolute Gasteiger partial charge is 0.435 e. The molecule has 0 saturated heterocycles. The predicted octanol–water partition coefficient (Wildman–Crippen LogP) is 2.41. The first-order chi connectivity index (χ1) is 11.2. The van der Waals surface area contributed by atoms with E-state index in [0.717, 1.165) is 15.4 Å². The number of thiazole rings is 1. The first kappa shape index (κ1) is 18.2. The number of nitrogens with one attached hydrogen (secondary N) is 1. The van der Waals surface area contributed by atoms with E-state index in [1.165, 1.54) is 13.2 Å². The lowest BCUT2D eigenvalue weighted by atomic mass is 10.2. The summed E-state index contributed by atoms with van der Waals surface area (Å²) < 4.78 is 40.1. The Hall–Kier alpha value is -2.10. The second-order valence-corrected chi connectivity index (χ2v) is 6.35. The molecule has 0 aliphatic carbocycles. The molecule has 0 aliphatic rings. The Morgan fingerprint density at radius 3 is 2.71 bits per heavy atom. The molecular formula is C14H19F3N6S. The van der Waals surface area contributed by atoms with Crippen molar-refractivity contribution in [1.82, 2.24) is 25.0 Å². The molecule has 0 aromatic carbocycles. The van der Waals surface area contributed by atoms with Gasteiger partial charge in [-0.3, -0.25) is 9.67 Å². The van der Waals surface area contributed by atoms with Crippen molar-refractivity contribution in [2.45, 2.75) is 26.2 Å². The van der Waals surface area contributed by atoms with Crippen molar-refractivity contribution in [3.63, 3.8) is 0 Å². The number of rotatable bonds is 4. The Labute approximate surface area is 142 Å². The standard InChI is InChI=1S/C14H19F3N6S/c1-9-20-11(8-24-9)7-22(3)13(18-2)19-5-10-6-23(4)21-12(10)14(15,16)17/h6,8H,5,7H2,1-4H3,(H,18,19). The van der Waals surface area contributed by atoms with Gasteiger partial charge < -0.3 is 10.2 Å². The summed E-state index contributed by atoms with van der Waals surface area (Å²) in [5.41, 5.74) is 0.0788. The molecule has 0 aliphatic heterocycles. The van der Waals surface area contributed by atoms with Crippen LogP contribution in [0.5, 0.6) is 0 Å². The average Bonchev–Trinajstić information content (AvgIpc) is 3.05. The van der Waals surface area contributed by atoms with E-state index in [1.54, 1.807) is 30.3 Å². The highest BCUT2D eigenvalue weighted by atomic mass is 32.1. The maximum absolute atomic E-state index is 13.0. The minimum atomic E-state index is -4.48. The van der Waals surface area contributed by atoms with Crippen LogP contribution in [0.3, 0.4) is 0 Å². The molecule has 0 fully saturated rings. The highest BCUT2D eigenvalue weighted by Crippen LogP contribution is 2.30. The first-order valence-corrected chi connectivity index (χ1v) is 8.01. The van der Waals surface area contributed by atoms with Gasteiger partial charge in [0.25, 0.3) is 0 Å². The van der Waals surface area contributed by atoms with Gasteiger partial charge in [0.15, 0.2) is 11.7 Å². The van der Waals surface area contributed by atoms with Crippen LogP contribution in [-0.2, 0) is 26.3 Å². The summed E-state index contributed by atoms with van der Waals surface area (Å²) in [7, 11) is 4.85. The zero-order valence-corrected chi connectivity index (χ0v) is 14.7. The van der Waals surface area contributed by atoms with E-state index in [-0.39, 0.29) is 12.1 Å². The fourth-order valence-electron chi connectivity index (χ4n) is 2.26. The molecule has 2 heterocycles. The molecular weight excluding hydrogens is 341 g/mol. The summed E-state index contributed by atoms with van der Waals surface area (Å²) in [4.78, 5) is 10.3. The molecule has 2 aromatic heterocycles. The highest BCUT2D eigenvalue weighted by Gasteiger charge is 2.36. The fraction of sp³-hybridized carbons (Fsp3) is 0.500. The molecule has 2 rings (SSSR count).